The lowest BCUT2D eigenvalue weighted by Crippen LogP contribution is -1.96. The molecule has 1 rings (SSSR count). The molecule has 0 unspecified atom stereocenters. The van der Waals surface area contributed by atoms with Gasteiger partial charge < -0.3 is 0 Å². The van der Waals surface area contributed by atoms with E-state index in [1.54, 1.807) is 0 Å². The molecule has 0 fully saturated rings. The second kappa shape index (κ2) is 3.21. The van der Waals surface area contributed by atoms with E-state index < -0.39 is 0 Å². The molecular formula is C4H5ClN2O. The number of aromatic nitrogens is 2. The molecule has 8 heavy (non-hydrogen) atoms. The Labute approximate surface area is 52.2 Å². The van der Waals surface area contributed by atoms with E-state index in [0.29, 0.717) is 0 Å². The van der Waals surface area contributed by atoms with Crippen molar-refractivity contribution in [1.29, 1.82) is 0 Å². The van der Waals surface area contributed by atoms with Crippen LogP contribution in [0.2, 0.25) is 0 Å². The van der Waals surface area contributed by atoms with Gasteiger partial charge in [-0.05, 0) is 0 Å². The van der Waals surface area contributed by atoms with Crippen LogP contribution < -0.4 is 5.43 Å². The molecule has 0 aliphatic heterocycles. The number of hydrogen-bond acceptors (Lipinski definition) is 2. The number of nitrogens with one attached hydrogen (secondary N) is 1. The van der Waals surface area contributed by atoms with Gasteiger partial charge in [0.2, 0.25) is 0 Å². The highest BCUT2D eigenvalue weighted by molar-refractivity contribution is 5.85. The van der Waals surface area contributed by atoms with Crippen LogP contribution in [0.15, 0.2) is 23.3 Å². The number of rotatable bonds is 0. The largest absolute Gasteiger partial charge is 0.288 e. The van der Waals surface area contributed by atoms with Gasteiger partial charge in [0, 0.05) is 12.3 Å². The maximum atomic E-state index is 10.2. The molecule has 3 nitrogen and oxygen atoms in total. The molecule has 44 valence electrons. The van der Waals surface area contributed by atoms with E-state index in [1.165, 1.54) is 18.5 Å². The first-order valence-electron chi connectivity index (χ1n) is 1.89. The van der Waals surface area contributed by atoms with Gasteiger partial charge in [-0.1, -0.05) is 0 Å². The molecule has 0 saturated carbocycles. The second-order valence-corrected chi connectivity index (χ2v) is 1.12. The molecule has 0 aliphatic carbocycles. The van der Waals surface area contributed by atoms with Crippen LogP contribution >= 0.6 is 12.4 Å². The van der Waals surface area contributed by atoms with Crippen molar-refractivity contribution in [3.05, 3.63) is 28.7 Å². The molecule has 1 N–H and O–H groups in total. The first kappa shape index (κ1) is 7.17. The molecule has 1 heterocycles. The van der Waals surface area contributed by atoms with Crippen molar-refractivity contribution in [1.82, 2.24) is 10.2 Å². The van der Waals surface area contributed by atoms with Gasteiger partial charge in [0.15, 0.2) is 5.43 Å². The van der Waals surface area contributed by atoms with Gasteiger partial charge >= 0.3 is 0 Å². The zero-order chi connectivity index (χ0) is 5.11. The summed E-state index contributed by atoms with van der Waals surface area (Å²) in [5.41, 5.74) is -0.0706. The van der Waals surface area contributed by atoms with Crippen LogP contribution in [0, 0.1) is 0 Å². The highest BCUT2D eigenvalue weighted by Gasteiger charge is 1.71. The molecule has 0 spiro atoms. The predicted molar refractivity (Wildman–Crippen MR) is 32.1 cm³/mol. The topological polar surface area (TPSA) is 45.8 Å². The molecule has 4 heteroatoms. The zero-order valence-electron chi connectivity index (χ0n) is 4.00. The summed E-state index contributed by atoms with van der Waals surface area (Å²) in [4.78, 5) is 10.2. The van der Waals surface area contributed by atoms with Gasteiger partial charge in [-0.2, -0.15) is 5.10 Å². The maximum Gasteiger partial charge on any atom is 0.200 e. The molecule has 0 aliphatic rings. The van der Waals surface area contributed by atoms with Gasteiger partial charge in [0.1, 0.15) is 0 Å². The van der Waals surface area contributed by atoms with Crippen molar-refractivity contribution in [2.45, 2.75) is 0 Å². The Balaban J connectivity index is 0.000000490. The fourth-order valence-corrected chi connectivity index (χ4v) is 0.306. The minimum Gasteiger partial charge on any atom is -0.288 e. The smallest absolute Gasteiger partial charge is 0.200 e. The number of H-pyrrole nitrogens is 1. The molecule has 0 aromatic carbocycles. The fourth-order valence-electron chi connectivity index (χ4n) is 0.306. The monoisotopic (exact) mass is 132 g/mol. The number of nitrogens with zero attached hydrogens (tertiary/aromatic N) is 1. The summed E-state index contributed by atoms with van der Waals surface area (Å²) < 4.78 is 0. The normalized spacial score (nSPS) is 7.50. The van der Waals surface area contributed by atoms with Gasteiger partial charge in [-0.25, -0.2) is 0 Å². The number of aromatic amines is 1. The third kappa shape index (κ3) is 1.75. The summed E-state index contributed by atoms with van der Waals surface area (Å²) in [6, 6.07) is 1.41. The Morgan fingerprint density at radius 1 is 1.62 bits per heavy atom. The molecule has 1 aromatic heterocycles. The molecule has 0 atom stereocenters. The van der Waals surface area contributed by atoms with Gasteiger partial charge in [0.25, 0.3) is 0 Å². The van der Waals surface area contributed by atoms with Crippen LogP contribution in [0.1, 0.15) is 0 Å². The van der Waals surface area contributed by atoms with Crippen LogP contribution in [-0.2, 0) is 0 Å². The Hall–Kier alpha value is -0.830. The van der Waals surface area contributed by atoms with Gasteiger partial charge in [0.05, 0.1) is 6.20 Å². The van der Waals surface area contributed by atoms with Crippen LogP contribution in [0.5, 0.6) is 0 Å². The van der Waals surface area contributed by atoms with E-state index in [-0.39, 0.29) is 17.8 Å². The molecule has 0 radical (unpaired) electrons. The zero-order valence-corrected chi connectivity index (χ0v) is 4.81. The Morgan fingerprint density at radius 3 is 2.62 bits per heavy atom. The van der Waals surface area contributed by atoms with E-state index >= 15 is 0 Å². The van der Waals surface area contributed by atoms with Crippen LogP contribution in [0.25, 0.3) is 0 Å². The van der Waals surface area contributed by atoms with Crippen molar-refractivity contribution in [2.24, 2.45) is 0 Å². The molecule has 1 aromatic rings. The van der Waals surface area contributed by atoms with E-state index in [1.807, 2.05) is 0 Å². The quantitative estimate of drug-likeness (QED) is 0.548. The SMILES string of the molecule is Cl.O=c1cc[nH]nc1. The van der Waals surface area contributed by atoms with E-state index in [4.69, 9.17) is 0 Å². The van der Waals surface area contributed by atoms with E-state index in [9.17, 15) is 4.79 Å². The van der Waals surface area contributed by atoms with Crippen molar-refractivity contribution in [3.63, 3.8) is 0 Å². The molecule has 0 saturated heterocycles. The standard InChI is InChI=1S/C4H4N2O.ClH/c7-4-1-2-5-6-3-4;/h1-3H,(H,5,7);1H. The Kier molecular flexibility index (Phi) is 2.88. The first-order chi connectivity index (χ1) is 3.39. The number of hydrogen-bond donors (Lipinski definition) is 1. The maximum absolute atomic E-state index is 10.2. The minimum absolute atomic E-state index is 0. The van der Waals surface area contributed by atoms with Crippen molar-refractivity contribution in [2.75, 3.05) is 0 Å². The number of halogens is 1. The van der Waals surface area contributed by atoms with Crippen LogP contribution in [0.3, 0.4) is 0 Å². The minimum atomic E-state index is -0.0706. The summed E-state index contributed by atoms with van der Waals surface area (Å²) >= 11 is 0. The highest BCUT2D eigenvalue weighted by atomic mass is 35.5. The van der Waals surface area contributed by atoms with Crippen LogP contribution in [-0.4, -0.2) is 10.2 Å². The second-order valence-electron chi connectivity index (χ2n) is 1.12. The third-order valence-corrected chi connectivity index (χ3v) is 0.588. The van der Waals surface area contributed by atoms with Gasteiger partial charge in [-0.3, -0.25) is 9.89 Å². The lowest BCUT2D eigenvalue weighted by molar-refractivity contribution is 1.02. The summed E-state index contributed by atoms with van der Waals surface area (Å²) in [5, 5.41) is 5.93. The van der Waals surface area contributed by atoms with Gasteiger partial charge in [-0.15, -0.1) is 12.4 Å². The van der Waals surface area contributed by atoms with E-state index in [0.717, 1.165) is 0 Å². The predicted octanol–water partition coefficient (Wildman–Crippen LogP) is 0.192. The van der Waals surface area contributed by atoms with Crippen molar-refractivity contribution < 1.29 is 0 Å². The summed E-state index contributed by atoms with van der Waals surface area (Å²) in [6.45, 7) is 0. The van der Waals surface area contributed by atoms with Crippen LogP contribution in [0.4, 0.5) is 0 Å². The molecule has 0 bridgehead atoms. The summed E-state index contributed by atoms with van der Waals surface area (Å²) in [7, 11) is 0. The lowest BCUT2D eigenvalue weighted by atomic mass is 10.6. The van der Waals surface area contributed by atoms with Crippen molar-refractivity contribution in [3.8, 4) is 0 Å². The highest BCUT2D eigenvalue weighted by Crippen LogP contribution is 1.57. The third-order valence-electron chi connectivity index (χ3n) is 0.588. The molecule has 0 amide bonds. The average Bonchev–Trinajstić information content (AvgIpc) is 1.69. The Bertz CT molecular complexity index is 180. The summed E-state index contributed by atoms with van der Waals surface area (Å²) in [5.74, 6) is 0. The average molecular weight is 133 g/mol. The summed E-state index contributed by atoms with van der Waals surface area (Å²) in [6.07, 6.45) is 2.71. The fraction of sp³-hybridized carbons (Fsp3) is 0. The molecular weight excluding hydrogens is 128 g/mol. The van der Waals surface area contributed by atoms with Crippen molar-refractivity contribution >= 4 is 12.4 Å². The first-order valence-corrected chi connectivity index (χ1v) is 1.89. The van der Waals surface area contributed by atoms with E-state index in [2.05, 4.69) is 10.2 Å². The Morgan fingerprint density at radius 2 is 2.38 bits per heavy atom. The lowest BCUT2D eigenvalue weighted by Gasteiger charge is -1.73.